The van der Waals surface area contributed by atoms with Crippen molar-refractivity contribution in [2.45, 2.75) is 6.36 Å². The van der Waals surface area contributed by atoms with Gasteiger partial charge in [-0.1, -0.05) is 6.07 Å². The number of aromatic amines is 1. The lowest BCUT2D eigenvalue weighted by Gasteiger charge is -2.13. The summed E-state index contributed by atoms with van der Waals surface area (Å²) >= 11 is 0. The fourth-order valence-corrected chi connectivity index (χ4v) is 2.23. The third-order valence-corrected chi connectivity index (χ3v) is 3.14. The Morgan fingerprint density at radius 1 is 1.23 bits per heavy atom. The number of nitro groups is 1. The molecule has 0 saturated carbocycles. The molecule has 0 amide bonds. The largest absolute Gasteiger partial charge is 0.573 e. The van der Waals surface area contributed by atoms with E-state index in [1.165, 1.54) is 6.07 Å². The van der Waals surface area contributed by atoms with Crippen LogP contribution in [-0.2, 0) is 0 Å². The van der Waals surface area contributed by atoms with E-state index in [4.69, 9.17) is 11.0 Å². The van der Waals surface area contributed by atoms with E-state index < -0.39 is 56.4 Å². The van der Waals surface area contributed by atoms with Gasteiger partial charge in [0.15, 0.2) is 0 Å². The van der Waals surface area contributed by atoms with Crippen molar-refractivity contribution < 1.29 is 22.8 Å². The number of H-pyrrole nitrogens is 1. The zero-order chi connectivity index (χ0) is 19.6. The van der Waals surface area contributed by atoms with Gasteiger partial charge in [-0.25, -0.2) is 0 Å². The predicted molar refractivity (Wildman–Crippen MR) is 79.7 cm³/mol. The maximum Gasteiger partial charge on any atom is 0.573 e. The Hall–Kier alpha value is -4.06. The van der Waals surface area contributed by atoms with Crippen LogP contribution in [0.4, 0.5) is 24.7 Å². The second-order valence-electron chi connectivity index (χ2n) is 4.67. The highest BCUT2D eigenvalue weighted by molar-refractivity contribution is 5.86. The Kier molecular flexibility index (Phi) is 4.53. The molecule has 0 aliphatic carbocycles. The Balaban J connectivity index is 2.98. The first-order valence-corrected chi connectivity index (χ1v) is 6.50. The molecule has 26 heavy (non-hydrogen) atoms. The summed E-state index contributed by atoms with van der Waals surface area (Å²) in [5.41, 5.74) is 0.873. The van der Waals surface area contributed by atoms with Gasteiger partial charge in [0.2, 0.25) is 5.75 Å². The molecular weight excluding hydrogens is 359 g/mol. The smallest absolute Gasteiger partial charge is 0.398 e. The number of benzene rings is 1. The van der Waals surface area contributed by atoms with Crippen LogP contribution in [0.2, 0.25) is 0 Å². The fourth-order valence-electron chi connectivity index (χ4n) is 2.23. The molecule has 1 aromatic carbocycles. The SMILES string of the molecule is N#Cc1c(N)[nH]c(=O)c(C#N)c1-c1cccc(OC(F)(F)F)c1[N+](=O)[O-]. The third kappa shape index (κ3) is 3.25. The molecule has 9 nitrogen and oxygen atoms in total. The van der Waals surface area contributed by atoms with Crippen LogP contribution in [0.1, 0.15) is 11.1 Å². The number of anilines is 1. The van der Waals surface area contributed by atoms with Gasteiger partial charge in [0, 0.05) is 5.56 Å². The van der Waals surface area contributed by atoms with Crippen molar-refractivity contribution in [1.82, 2.24) is 4.98 Å². The summed E-state index contributed by atoms with van der Waals surface area (Å²) < 4.78 is 41.2. The first-order valence-electron chi connectivity index (χ1n) is 6.50. The van der Waals surface area contributed by atoms with Gasteiger partial charge < -0.3 is 15.5 Å². The van der Waals surface area contributed by atoms with Gasteiger partial charge >= 0.3 is 12.0 Å². The first kappa shape index (κ1) is 18.3. The number of pyridine rings is 1. The number of hydrogen-bond donors (Lipinski definition) is 2. The molecule has 0 bridgehead atoms. The summed E-state index contributed by atoms with van der Waals surface area (Å²) in [5.74, 6) is -1.67. The molecule has 0 spiro atoms. The lowest BCUT2D eigenvalue weighted by atomic mass is 9.95. The monoisotopic (exact) mass is 365 g/mol. The van der Waals surface area contributed by atoms with Crippen LogP contribution in [0.25, 0.3) is 11.1 Å². The molecule has 1 aromatic heterocycles. The summed E-state index contributed by atoms with van der Waals surface area (Å²) in [4.78, 5) is 24.1. The Labute approximate surface area is 141 Å². The number of halogens is 3. The molecule has 0 saturated heterocycles. The maximum atomic E-state index is 12.5. The number of para-hydroxylation sites is 1. The van der Waals surface area contributed by atoms with Crippen molar-refractivity contribution in [3.8, 4) is 29.0 Å². The lowest BCUT2D eigenvalue weighted by Crippen LogP contribution is -2.19. The van der Waals surface area contributed by atoms with Crippen LogP contribution in [0.15, 0.2) is 23.0 Å². The molecular formula is C14H6F3N5O4. The van der Waals surface area contributed by atoms with Crippen LogP contribution >= 0.6 is 0 Å². The van der Waals surface area contributed by atoms with Crippen LogP contribution in [0, 0.1) is 32.8 Å². The van der Waals surface area contributed by atoms with Crippen LogP contribution in [-0.4, -0.2) is 16.3 Å². The number of ether oxygens (including phenoxy) is 1. The van der Waals surface area contributed by atoms with E-state index in [9.17, 15) is 33.3 Å². The van der Waals surface area contributed by atoms with Crippen molar-refractivity contribution in [2.75, 3.05) is 5.73 Å². The standard InChI is InChI=1S/C14H6F3N5O4/c15-14(16,17)26-9-3-1-2-6(11(9)22(24)25)10-7(4-18)12(20)21-13(23)8(10)5-19/h1-3H,(H3,20,21,23). The summed E-state index contributed by atoms with van der Waals surface area (Å²) in [6, 6.07) is 5.66. The zero-order valence-corrected chi connectivity index (χ0v) is 12.4. The second kappa shape index (κ2) is 6.45. The van der Waals surface area contributed by atoms with Gasteiger partial charge in [-0.2, -0.15) is 10.5 Å². The maximum absolute atomic E-state index is 12.5. The number of hydrogen-bond acceptors (Lipinski definition) is 7. The molecule has 0 aliphatic heterocycles. The number of alkyl halides is 3. The van der Waals surface area contributed by atoms with Crippen molar-refractivity contribution in [3.63, 3.8) is 0 Å². The van der Waals surface area contributed by atoms with Gasteiger partial charge in [-0.05, 0) is 12.1 Å². The Morgan fingerprint density at radius 3 is 2.35 bits per heavy atom. The number of aromatic nitrogens is 1. The Morgan fingerprint density at radius 2 is 1.85 bits per heavy atom. The van der Waals surface area contributed by atoms with Gasteiger partial charge in [-0.15, -0.1) is 13.2 Å². The minimum atomic E-state index is -5.23. The molecule has 2 rings (SSSR count). The number of rotatable bonds is 3. The summed E-state index contributed by atoms with van der Waals surface area (Å²) in [6.45, 7) is 0. The highest BCUT2D eigenvalue weighted by atomic mass is 19.4. The number of nitrogens with zero attached hydrogens (tertiary/aromatic N) is 3. The molecule has 0 aliphatic rings. The van der Waals surface area contributed by atoms with Crippen molar-refractivity contribution in [2.24, 2.45) is 0 Å². The number of nitrogens with one attached hydrogen (secondary N) is 1. The number of nitro benzene ring substituents is 1. The van der Waals surface area contributed by atoms with E-state index in [2.05, 4.69) is 4.74 Å². The highest BCUT2D eigenvalue weighted by Gasteiger charge is 2.36. The molecule has 2 aromatic rings. The Bertz CT molecular complexity index is 1050. The molecule has 132 valence electrons. The minimum absolute atomic E-state index is 0.497. The van der Waals surface area contributed by atoms with Crippen LogP contribution < -0.4 is 16.0 Å². The van der Waals surface area contributed by atoms with E-state index in [0.717, 1.165) is 12.1 Å². The molecule has 12 heteroatoms. The average molecular weight is 365 g/mol. The molecule has 0 unspecified atom stereocenters. The molecule has 1 heterocycles. The number of nitrogens with two attached hydrogens (primary N) is 1. The van der Waals surface area contributed by atoms with Crippen molar-refractivity contribution >= 4 is 11.5 Å². The summed E-state index contributed by atoms with van der Waals surface area (Å²) in [7, 11) is 0. The van der Waals surface area contributed by atoms with Crippen LogP contribution in [0.5, 0.6) is 5.75 Å². The number of nitrogen functional groups attached to an aromatic ring is 1. The molecule has 0 fully saturated rings. The zero-order valence-electron chi connectivity index (χ0n) is 12.4. The second-order valence-corrected chi connectivity index (χ2v) is 4.67. The number of nitriles is 2. The molecule has 0 radical (unpaired) electrons. The van der Waals surface area contributed by atoms with E-state index >= 15 is 0 Å². The van der Waals surface area contributed by atoms with Gasteiger partial charge in [0.1, 0.15) is 29.1 Å². The lowest BCUT2D eigenvalue weighted by molar-refractivity contribution is -0.388. The van der Waals surface area contributed by atoms with E-state index in [0.29, 0.717) is 6.07 Å². The fraction of sp³-hybridized carbons (Fsp3) is 0.0714. The average Bonchev–Trinajstić information content (AvgIpc) is 2.52. The van der Waals surface area contributed by atoms with Crippen molar-refractivity contribution in [3.05, 3.63) is 49.8 Å². The topological polar surface area (TPSA) is 159 Å². The third-order valence-electron chi connectivity index (χ3n) is 3.14. The minimum Gasteiger partial charge on any atom is -0.398 e. The van der Waals surface area contributed by atoms with Crippen molar-refractivity contribution in [1.29, 1.82) is 10.5 Å². The summed E-state index contributed by atoms with van der Waals surface area (Å²) in [6.07, 6.45) is -5.23. The van der Waals surface area contributed by atoms with Gasteiger partial charge in [0.25, 0.3) is 5.56 Å². The van der Waals surface area contributed by atoms with Gasteiger partial charge in [-0.3, -0.25) is 14.9 Å². The van der Waals surface area contributed by atoms with E-state index in [1.54, 1.807) is 6.07 Å². The quantitative estimate of drug-likeness (QED) is 0.622. The van der Waals surface area contributed by atoms with E-state index in [1.807, 2.05) is 4.98 Å². The predicted octanol–water partition coefficient (Wildman–Crippen LogP) is 2.17. The van der Waals surface area contributed by atoms with Crippen LogP contribution in [0.3, 0.4) is 0 Å². The molecule has 3 N–H and O–H groups in total. The summed E-state index contributed by atoms with van der Waals surface area (Å²) in [5, 5.41) is 29.7. The first-order chi connectivity index (χ1) is 12.1. The highest BCUT2D eigenvalue weighted by Crippen LogP contribution is 2.42. The van der Waals surface area contributed by atoms with E-state index in [-0.39, 0.29) is 0 Å². The normalized spacial score (nSPS) is 10.7. The molecule has 0 atom stereocenters. The van der Waals surface area contributed by atoms with Gasteiger partial charge in [0.05, 0.1) is 10.5 Å².